The number of amides is 4. The molecule has 0 spiro atoms. The van der Waals surface area contributed by atoms with Crippen LogP contribution in [0.25, 0.3) is 10.8 Å². The van der Waals surface area contributed by atoms with Gasteiger partial charge in [0.1, 0.15) is 6.04 Å². The molecule has 0 fully saturated rings. The topological polar surface area (TPSA) is 130 Å². The van der Waals surface area contributed by atoms with Gasteiger partial charge in [0.2, 0.25) is 0 Å². The van der Waals surface area contributed by atoms with Crippen molar-refractivity contribution < 1.29 is 19.2 Å². The quantitative estimate of drug-likeness (QED) is 0.429. The minimum Gasteiger partial charge on any atom is -0.271 e. The normalized spacial score (nSPS) is 13.9. The summed E-state index contributed by atoms with van der Waals surface area (Å²) >= 11 is 0. The second-order valence-electron chi connectivity index (χ2n) is 8.90. The number of nitrogens with zero attached hydrogens (tertiary/aromatic N) is 3. The van der Waals surface area contributed by atoms with E-state index >= 15 is 0 Å². The first-order chi connectivity index (χ1) is 16.6. The highest BCUT2D eigenvalue weighted by Gasteiger charge is 2.44. The van der Waals surface area contributed by atoms with Crippen LogP contribution >= 0.6 is 0 Å². The molecule has 10 nitrogen and oxygen atoms in total. The molecule has 1 unspecified atom stereocenters. The number of rotatable bonds is 5. The Bertz CT molecular complexity index is 1390. The number of benzene rings is 2. The van der Waals surface area contributed by atoms with Gasteiger partial charge in [-0.2, -0.15) is 5.10 Å². The van der Waals surface area contributed by atoms with Crippen LogP contribution in [0, 0.1) is 5.92 Å². The average Bonchev–Trinajstić information content (AvgIpc) is 3.08. The monoisotopic (exact) mass is 475 g/mol. The highest BCUT2D eigenvalue weighted by Crippen LogP contribution is 2.27. The van der Waals surface area contributed by atoms with Gasteiger partial charge in [0, 0.05) is 5.39 Å². The molecule has 2 aromatic carbocycles. The first kappa shape index (κ1) is 23.8. The van der Waals surface area contributed by atoms with Crippen LogP contribution in [0.2, 0.25) is 0 Å². The molecule has 1 atom stereocenters. The molecular formula is C25H25N5O5. The summed E-state index contributed by atoms with van der Waals surface area (Å²) in [6.07, 6.45) is 0. The third-order valence-corrected chi connectivity index (χ3v) is 5.84. The van der Waals surface area contributed by atoms with Crippen LogP contribution in [0.4, 0.5) is 0 Å². The fourth-order valence-corrected chi connectivity index (χ4v) is 4.15. The Morgan fingerprint density at radius 1 is 0.800 bits per heavy atom. The second-order valence-corrected chi connectivity index (χ2v) is 8.90. The van der Waals surface area contributed by atoms with Crippen molar-refractivity contribution in [3.63, 3.8) is 0 Å². The molecule has 0 aliphatic carbocycles. The molecular weight excluding hydrogens is 450 g/mol. The van der Waals surface area contributed by atoms with Gasteiger partial charge < -0.3 is 0 Å². The van der Waals surface area contributed by atoms with Crippen molar-refractivity contribution in [1.82, 2.24) is 25.5 Å². The summed E-state index contributed by atoms with van der Waals surface area (Å²) in [6, 6.07) is 11.5. The van der Waals surface area contributed by atoms with Crippen LogP contribution in [-0.2, 0) is 4.79 Å². The summed E-state index contributed by atoms with van der Waals surface area (Å²) < 4.78 is 1.20. The molecule has 4 amide bonds. The van der Waals surface area contributed by atoms with E-state index in [1.165, 1.54) is 16.8 Å². The maximum atomic E-state index is 13.1. The predicted octanol–water partition coefficient (Wildman–Crippen LogP) is 2.06. The van der Waals surface area contributed by atoms with Gasteiger partial charge in [-0.15, -0.1) is 0 Å². The van der Waals surface area contributed by atoms with Gasteiger partial charge in [-0.05, 0) is 38.0 Å². The molecule has 0 radical (unpaired) electrons. The van der Waals surface area contributed by atoms with Gasteiger partial charge in [0.25, 0.3) is 29.2 Å². The van der Waals surface area contributed by atoms with Crippen molar-refractivity contribution in [3.05, 3.63) is 75.7 Å². The van der Waals surface area contributed by atoms with Crippen LogP contribution in [0.1, 0.15) is 64.9 Å². The SMILES string of the molecule is CC(C)C(C(=O)NNC(=O)c1nn(C(C)C)c(=O)c2ccccc12)N1C(=O)c2ccccc2C1=O. The predicted molar refractivity (Wildman–Crippen MR) is 128 cm³/mol. The van der Waals surface area contributed by atoms with Crippen LogP contribution in [0.5, 0.6) is 0 Å². The Labute approximate surface area is 200 Å². The molecule has 35 heavy (non-hydrogen) atoms. The lowest BCUT2D eigenvalue weighted by atomic mass is 10.0. The van der Waals surface area contributed by atoms with Gasteiger partial charge in [-0.3, -0.25) is 39.7 Å². The van der Waals surface area contributed by atoms with Gasteiger partial charge in [0.05, 0.1) is 22.6 Å². The minimum absolute atomic E-state index is 0.0453. The molecule has 180 valence electrons. The maximum Gasteiger partial charge on any atom is 0.290 e. The number of nitrogens with one attached hydrogen (secondary N) is 2. The van der Waals surface area contributed by atoms with Crippen LogP contribution in [0.15, 0.2) is 53.3 Å². The highest BCUT2D eigenvalue weighted by atomic mass is 16.2. The smallest absolute Gasteiger partial charge is 0.271 e. The zero-order valence-electron chi connectivity index (χ0n) is 19.7. The number of carbonyl (C=O) groups excluding carboxylic acids is 4. The first-order valence-electron chi connectivity index (χ1n) is 11.2. The molecule has 3 aromatic rings. The molecule has 0 saturated heterocycles. The number of hydrogen-bond acceptors (Lipinski definition) is 6. The fourth-order valence-electron chi connectivity index (χ4n) is 4.15. The second kappa shape index (κ2) is 9.13. The molecule has 2 heterocycles. The van der Waals surface area contributed by atoms with Gasteiger partial charge in [-0.25, -0.2) is 4.68 Å². The van der Waals surface area contributed by atoms with E-state index < -0.39 is 35.6 Å². The molecule has 10 heteroatoms. The number of hydrazine groups is 1. The van der Waals surface area contributed by atoms with E-state index in [0.29, 0.717) is 10.8 Å². The highest BCUT2D eigenvalue weighted by molar-refractivity contribution is 6.23. The summed E-state index contributed by atoms with van der Waals surface area (Å²) in [5.74, 6) is -3.04. The van der Waals surface area contributed by atoms with Crippen LogP contribution in [-0.4, -0.2) is 44.4 Å². The fraction of sp³-hybridized carbons (Fsp3) is 0.280. The Morgan fingerprint density at radius 2 is 1.34 bits per heavy atom. The molecule has 1 aliphatic rings. The number of fused-ring (bicyclic) bond motifs is 2. The number of imide groups is 1. The molecule has 0 bridgehead atoms. The Balaban J connectivity index is 1.60. The molecule has 0 saturated carbocycles. The largest absolute Gasteiger partial charge is 0.290 e. The van der Waals surface area contributed by atoms with Crippen molar-refractivity contribution in [2.45, 2.75) is 39.8 Å². The third kappa shape index (κ3) is 4.07. The van der Waals surface area contributed by atoms with Gasteiger partial charge >= 0.3 is 0 Å². The number of aromatic nitrogens is 2. The average molecular weight is 476 g/mol. The Hall–Kier alpha value is -4.34. The van der Waals surface area contributed by atoms with Gasteiger partial charge in [0.15, 0.2) is 5.69 Å². The standard InChI is InChI=1S/C25H25N5O5/c1-13(2)20(29-23(33)17-11-7-8-12-18(17)24(29)34)22(32)27-26-21(31)19-15-9-5-6-10-16(15)25(35)30(28-19)14(3)4/h5-14,20H,1-4H3,(H,26,31)(H,27,32). The lowest BCUT2D eigenvalue weighted by Crippen LogP contribution is -2.56. The summed E-state index contributed by atoms with van der Waals surface area (Å²) in [5, 5.41) is 4.86. The van der Waals surface area contributed by atoms with Crippen molar-refractivity contribution in [1.29, 1.82) is 0 Å². The Kier molecular flexibility index (Phi) is 6.21. The van der Waals surface area contributed by atoms with E-state index in [2.05, 4.69) is 16.0 Å². The summed E-state index contributed by atoms with van der Waals surface area (Å²) in [7, 11) is 0. The van der Waals surface area contributed by atoms with E-state index in [1.54, 1.807) is 64.1 Å². The summed E-state index contributed by atoms with van der Waals surface area (Å²) in [4.78, 5) is 65.5. The number of carbonyl (C=O) groups is 4. The van der Waals surface area contributed by atoms with Crippen LogP contribution in [0.3, 0.4) is 0 Å². The van der Waals surface area contributed by atoms with Crippen LogP contribution < -0.4 is 16.4 Å². The zero-order chi connectivity index (χ0) is 25.4. The van der Waals surface area contributed by atoms with Crippen molar-refractivity contribution >= 4 is 34.4 Å². The van der Waals surface area contributed by atoms with Crippen molar-refractivity contribution in [2.75, 3.05) is 0 Å². The first-order valence-corrected chi connectivity index (χ1v) is 11.2. The Morgan fingerprint density at radius 3 is 1.89 bits per heavy atom. The zero-order valence-corrected chi connectivity index (χ0v) is 19.7. The molecule has 1 aromatic heterocycles. The van der Waals surface area contributed by atoms with E-state index in [4.69, 9.17) is 0 Å². The van der Waals surface area contributed by atoms with E-state index in [0.717, 1.165) is 4.90 Å². The molecule has 1 aliphatic heterocycles. The molecule has 4 rings (SSSR count). The lowest BCUT2D eigenvalue weighted by molar-refractivity contribution is -0.127. The van der Waals surface area contributed by atoms with E-state index in [1.807, 2.05) is 0 Å². The van der Waals surface area contributed by atoms with E-state index in [9.17, 15) is 24.0 Å². The number of hydrogen-bond donors (Lipinski definition) is 2. The summed E-state index contributed by atoms with van der Waals surface area (Å²) in [6.45, 7) is 6.93. The maximum absolute atomic E-state index is 13.1. The lowest BCUT2D eigenvalue weighted by Gasteiger charge is -2.28. The minimum atomic E-state index is -1.16. The van der Waals surface area contributed by atoms with Crippen molar-refractivity contribution in [2.24, 2.45) is 5.92 Å². The third-order valence-electron chi connectivity index (χ3n) is 5.84. The molecule has 2 N–H and O–H groups in total. The van der Waals surface area contributed by atoms with Crippen molar-refractivity contribution in [3.8, 4) is 0 Å². The van der Waals surface area contributed by atoms with E-state index in [-0.39, 0.29) is 28.4 Å². The summed E-state index contributed by atoms with van der Waals surface area (Å²) in [5.41, 5.74) is 4.72. The van der Waals surface area contributed by atoms with Gasteiger partial charge in [-0.1, -0.05) is 44.2 Å².